The molecule has 0 aliphatic carbocycles. The van der Waals surface area contributed by atoms with Crippen molar-refractivity contribution in [2.45, 2.75) is 33.4 Å². The van der Waals surface area contributed by atoms with Crippen LogP contribution in [0.3, 0.4) is 0 Å². The lowest BCUT2D eigenvalue weighted by Gasteiger charge is -2.29. The van der Waals surface area contributed by atoms with Crippen molar-refractivity contribution >= 4 is 19.5 Å². The molecule has 12 heteroatoms. The average molecular weight is 376 g/mol. The molecule has 140 valence electrons. The minimum atomic E-state index is -3.52. The summed E-state index contributed by atoms with van der Waals surface area (Å²) in [5, 5.41) is 0. The smallest absolute Gasteiger partial charge is 0.359 e. The van der Waals surface area contributed by atoms with Crippen molar-refractivity contribution in [3.05, 3.63) is 16.8 Å². The van der Waals surface area contributed by atoms with E-state index in [2.05, 4.69) is 9.97 Å². The molecule has 0 spiro atoms. The Morgan fingerprint density at radius 2 is 2.24 bits per heavy atom. The summed E-state index contributed by atoms with van der Waals surface area (Å²) in [5.41, 5.74) is 4.04. The van der Waals surface area contributed by atoms with Crippen LogP contribution in [0.2, 0.25) is 0 Å². The molecule has 0 bridgehead atoms. The number of carbonyl (C=O) groups excluding carboxylic acids is 1. The van der Waals surface area contributed by atoms with Crippen LogP contribution in [0, 0.1) is 5.41 Å². The standard InChI is InChI=1S/C13H21N4O7P/c1-13(2,3)10(18)21-7-24-25(20)8-22-9(5-23-25)4-17-6-15-11(14)16-12(17)19/h6,9H,4-5,7-8H2,1-3H3,(H2,14,16,19)/t9-,25?/m0/s1. The number of ether oxygens (including phenoxy) is 2. The van der Waals surface area contributed by atoms with Gasteiger partial charge in [0, 0.05) is 0 Å². The minimum absolute atomic E-state index is 0.0681. The highest BCUT2D eigenvalue weighted by atomic mass is 31.2. The van der Waals surface area contributed by atoms with E-state index in [1.54, 1.807) is 20.8 Å². The topological polar surface area (TPSA) is 145 Å². The summed E-state index contributed by atoms with van der Waals surface area (Å²) in [6.07, 6.45) is 0.382. The molecule has 1 aliphatic rings. The van der Waals surface area contributed by atoms with Gasteiger partial charge in [-0.15, -0.1) is 0 Å². The van der Waals surface area contributed by atoms with Crippen LogP contribution < -0.4 is 11.4 Å². The Hall–Kier alpha value is -1.81. The largest absolute Gasteiger partial charge is 0.438 e. The lowest BCUT2D eigenvalue weighted by molar-refractivity contribution is -0.160. The molecule has 11 nitrogen and oxygen atoms in total. The summed E-state index contributed by atoms with van der Waals surface area (Å²) < 4.78 is 34.0. The van der Waals surface area contributed by atoms with E-state index >= 15 is 0 Å². The van der Waals surface area contributed by atoms with Crippen LogP contribution in [0.5, 0.6) is 0 Å². The van der Waals surface area contributed by atoms with E-state index in [1.165, 1.54) is 10.9 Å². The van der Waals surface area contributed by atoms with Crippen molar-refractivity contribution in [2.75, 3.05) is 25.5 Å². The molecule has 1 aromatic rings. The van der Waals surface area contributed by atoms with Crippen LogP contribution in [-0.4, -0.2) is 46.4 Å². The fraction of sp³-hybridized carbons (Fsp3) is 0.692. The number of hydrogen-bond acceptors (Lipinski definition) is 10. The Labute approximate surface area is 144 Å². The number of aromatic nitrogens is 3. The zero-order valence-electron chi connectivity index (χ0n) is 14.2. The van der Waals surface area contributed by atoms with Crippen LogP contribution >= 0.6 is 7.60 Å². The number of nitrogen functional groups attached to an aromatic ring is 1. The third-order valence-corrected chi connectivity index (χ3v) is 4.67. The lowest BCUT2D eigenvalue weighted by Crippen LogP contribution is -2.35. The number of anilines is 1. The van der Waals surface area contributed by atoms with Crippen molar-refractivity contribution in [3.63, 3.8) is 0 Å². The molecule has 1 aliphatic heterocycles. The highest BCUT2D eigenvalue weighted by Crippen LogP contribution is 2.50. The van der Waals surface area contributed by atoms with E-state index in [0.717, 1.165) is 0 Å². The third kappa shape index (κ3) is 5.60. The van der Waals surface area contributed by atoms with Gasteiger partial charge in [-0.3, -0.25) is 18.5 Å². The molecule has 2 N–H and O–H groups in total. The molecular formula is C13H21N4O7P. The van der Waals surface area contributed by atoms with E-state index in [0.29, 0.717) is 0 Å². The SMILES string of the molecule is CC(C)(C)C(=O)OCOP1(=O)CO[C@@H](Cn2cnc(N)nc2=O)CO1. The number of hydrogen-bond donors (Lipinski definition) is 1. The van der Waals surface area contributed by atoms with Gasteiger partial charge in [0.2, 0.25) is 12.7 Å². The first-order chi connectivity index (χ1) is 11.6. The van der Waals surface area contributed by atoms with Crippen molar-refractivity contribution in [3.8, 4) is 0 Å². The van der Waals surface area contributed by atoms with E-state index < -0.39 is 37.6 Å². The molecule has 1 saturated heterocycles. The summed E-state index contributed by atoms with van der Waals surface area (Å²) in [4.78, 5) is 30.4. The number of nitrogens with two attached hydrogens (primary N) is 1. The summed E-state index contributed by atoms with van der Waals surface area (Å²) in [7, 11) is -3.52. The van der Waals surface area contributed by atoms with Crippen molar-refractivity contribution in [1.29, 1.82) is 0 Å². The molecule has 0 amide bonds. The molecule has 25 heavy (non-hydrogen) atoms. The van der Waals surface area contributed by atoms with Crippen molar-refractivity contribution in [1.82, 2.24) is 14.5 Å². The lowest BCUT2D eigenvalue weighted by atomic mass is 9.98. The van der Waals surface area contributed by atoms with E-state index in [4.69, 9.17) is 24.3 Å². The Bertz CT molecular complexity index is 718. The first kappa shape index (κ1) is 19.5. The fourth-order valence-corrected chi connectivity index (χ4v) is 2.97. The van der Waals surface area contributed by atoms with E-state index in [-0.39, 0.29) is 25.4 Å². The summed E-state index contributed by atoms with van der Waals surface area (Å²) in [6, 6.07) is 0. The van der Waals surface area contributed by atoms with Crippen LogP contribution in [0.1, 0.15) is 20.8 Å². The van der Waals surface area contributed by atoms with Gasteiger partial charge in [-0.05, 0) is 20.8 Å². The van der Waals surface area contributed by atoms with E-state index in [1.807, 2.05) is 0 Å². The molecule has 1 fully saturated rings. The minimum Gasteiger partial charge on any atom is -0.438 e. The van der Waals surface area contributed by atoms with Crippen LogP contribution in [0.4, 0.5) is 5.95 Å². The molecular weight excluding hydrogens is 355 g/mol. The maximum atomic E-state index is 12.3. The van der Waals surface area contributed by atoms with Gasteiger partial charge in [0.15, 0.2) is 0 Å². The van der Waals surface area contributed by atoms with E-state index in [9.17, 15) is 14.2 Å². The molecule has 1 aromatic heterocycles. The van der Waals surface area contributed by atoms with Gasteiger partial charge >= 0.3 is 19.3 Å². The van der Waals surface area contributed by atoms with Crippen LogP contribution in [0.15, 0.2) is 11.1 Å². The van der Waals surface area contributed by atoms with Gasteiger partial charge < -0.3 is 19.7 Å². The second-order valence-electron chi connectivity index (χ2n) is 6.40. The van der Waals surface area contributed by atoms with Gasteiger partial charge in [0.05, 0.1) is 18.6 Å². The number of carbonyl (C=O) groups is 1. The second kappa shape index (κ2) is 7.61. The second-order valence-corrected chi connectivity index (χ2v) is 8.40. The molecule has 0 saturated carbocycles. The number of nitrogens with zero attached hydrogens (tertiary/aromatic N) is 3. The molecule has 1 unspecified atom stereocenters. The Balaban J connectivity index is 1.81. The van der Waals surface area contributed by atoms with Gasteiger partial charge in [0.1, 0.15) is 18.8 Å². The molecule has 2 atom stereocenters. The van der Waals surface area contributed by atoms with Gasteiger partial charge in [-0.1, -0.05) is 0 Å². The number of rotatable bonds is 5. The monoisotopic (exact) mass is 376 g/mol. The first-order valence-corrected chi connectivity index (χ1v) is 9.18. The zero-order valence-corrected chi connectivity index (χ0v) is 15.1. The summed E-state index contributed by atoms with van der Waals surface area (Å²) in [6.45, 7) is 4.60. The Morgan fingerprint density at radius 1 is 1.52 bits per heavy atom. The zero-order chi connectivity index (χ0) is 18.7. The molecule has 2 heterocycles. The van der Waals surface area contributed by atoms with Crippen molar-refractivity contribution < 1.29 is 27.9 Å². The predicted octanol–water partition coefficient (Wildman–Crippen LogP) is 0.350. The normalized spacial score (nSPS) is 24.0. The highest BCUT2D eigenvalue weighted by molar-refractivity contribution is 7.53. The summed E-state index contributed by atoms with van der Waals surface area (Å²) >= 11 is 0. The Kier molecular flexibility index (Phi) is 5.94. The third-order valence-electron chi connectivity index (χ3n) is 3.16. The quantitative estimate of drug-likeness (QED) is 0.434. The highest BCUT2D eigenvalue weighted by Gasteiger charge is 2.34. The van der Waals surface area contributed by atoms with Crippen molar-refractivity contribution in [2.24, 2.45) is 5.41 Å². The van der Waals surface area contributed by atoms with Gasteiger partial charge in [-0.25, -0.2) is 9.78 Å². The predicted molar refractivity (Wildman–Crippen MR) is 85.5 cm³/mol. The average Bonchev–Trinajstić information content (AvgIpc) is 2.51. The maximum absolute atomic E-state index is 12.3. The Morgan fingerprint density at radius 3 is 2.80 bits per heavy atom. The first-order valence-electron chi connectivity index (χ1n) is 7.45. The summed E-state index contributed by atoms with van der Waals surface area (Å²) in [5.74, 6) is -0.609. The number of esters is 1. The molecule has 0 aromatic carbocycles. The van der Waals surface area contributed by atoms with Gasteiger partial charge in [-0.2, -0.15) is 4.98 Å². The van der Waals surface area contributed by atoms with Crippen LogP contribution in [0.25, 0.3) is 0 Å². The van der Waals surface area contributed by atoms with Crippen LogP contribution in [-0.2, 0) is 34.4 Å². The maximum Gasteiger partial charge on any atom is 0.359 e. The van der Waals surface area contributed by atoms with Gasteiger partial charge in [0.25, 0.3) is 0 Å². The fourth-order valence-electron chi connectivity index (χ4n) is 1.75. The molecule has 2 rings (SSSR count). The molecule has 0 radical (unpaired) electrons.